The predicted molar refractivity (Wildman–Crippen MR) is 78.3 cm³/mol. The largest absolute Gasteiger partial charge is 0.326 e. The molecular weight excluding hydrogens is 293 g/mol. The molecule has 0 aliphatic carbocycles. The number of hydrogen-bond acceptors (Lipinski definition) is 3. The molecule has 4 nitrogen and oxygen atoms in total. The lowest BCUT2D eigenvalue weighted by Gasteiger charge is -2.06. The standard InChI is InChI=1S/C15H14FNO3S/c1-21(19,20)14-7-5-11(6-8-14)9-15(18)17-13-4-2-3-12(16)10-13/h2-8,10H,9H2,1H3,(H,17,18). The fourth-order valence-corrected chi connectivity index (χ4v) is 2.44. The van der Waals surface area contributed by atoms with Gasteiger partial charge >= 0.3 is 0 Å². The second kappa shape index (κ2) is 6.05. The Bertz CT molecular complexity index is 755. The molecule has 2 aromatic rings. The molecule has 21 heavy (non-hydrogen) atoms. The quantitative estimate of drug-likeness (QED) is 0.943. The van der Waals surface area contributed by atoms with Gasteiger partial charge in [0.25, 0.3) is 0 Å². The van der Waals surface area contributed by atoms with Gasteiger partial charge in [-0.3, -0.25) is 4.79 Å². The molecule has 0 atom stereocenters. The molecule has 0 aromatic heterocycles. The van der Waals surface area contributed by atoms with Gasteiger partial charge in [0, 0.05) is 11.9 Å². The highest BCUT2D eigenvalue weighted by molar-refractivity contribution is 7.90. The van der Waals surface area contributed by atoms with Crippen molar-refractivity contribution in [1.82, 2.24) is 0 Å². The molecule has 110 valence electrons. The topological polar surface area (TPSA) is 63.2 Å². The van der Waals surface area contributed by atoms with Crippen molar-refractivity contribution in [2.45, 2.75) is 11.3 Å². The summed E-state index contributed by atoms with van der Waals surface area (Å²) in [4.78, 5) is 12.0. The number of carbonyl (C=O) groups is 1. The molecule has 0 bridgehead atoms. The van der Waals surface area contributed by atoms with Gasteiger partial charge in [-0.15, -0.1) is 0 Å². The predicted octanol–water partition coefficient (Wildman–Crippen LogP) is 2.41. The molecule has 2 rings (SSSR count). The summed E-state index contributed by atoms with van der Waals surface area (Å²) in [6, 6.07) is 11.7. The number of hydrogen-bond donors (Lipinski definition) is 1. The minimum Gasteiger partial charge on any atom is -0.326 e. The van der Waals surface area contributed by atoms with Gasteiger partial charge in [-0.1, -0.05) is 18.2 Å². The Kier molecular flexibility index (Phi) is 4.37. The highest BCUT2D eigenvalue weighted by Crippen LogP contribution is 2.13. The highest BCUT2D eigenvalue weighted by atomic mass is 32.2. The number of sulfone groups is 1. The van der Waals surface area contributed by atoms with Crippen molar-refractivity contribution in [1.29, 1.82) is 0 Å². The molecule has 2 aromatic carbocycles. The van der Waals surface area contributed by atoms with Crippen molar-refractivity contribution < 1.29 is 17.6 Å². The van der Waals surface area contributed by atoms with E-state index in [1.165, 1.54) is 30.3 Å². The molecule has 0 aliphatic rings. The monoisotopic (exact) mass is 307 g/mol. The van der Waals surface area contributed by atoms with Gasteiger partial charge in [-0.25, -0.2) is 12.8 Å². The SMILES string of the molecule is CS(=O)(=O)c1ccc(CC(=O)Nc2cccc(F)c2)cc1. The van der Waals surface area contributed by atoms with E-state index < -0.39 is 15.7 Å². The number of rotatable bonds is 4. The van der Waals surface area contributed by atoms with Crippen molar-refractivity contribution in [3.05, 3.63) is 59.9 Å². The molecule has 0 fully saturated rings. The van der Waals surface area contributed by atoms with Gasteiger partial charge in [0.1, 0.15) is 5.82 Å². The molecule has 0 heterocycles. The van der Waals surface area contributed by atoms with Crippen LogP contribution in [0.3, 0.4) is 0 Å². The Labute approximate surface area is 122 Å². The average Bonchev–Trinajstić information content (AvgIpc) is 2.38. The second-order valence-corrected chi connectivity index (χ2v) is 6.67. The Morgan fingerprint density at radius 3 is 2.38 bits per heavy atom. The van der Waals surface area contributed by atoms with Crippen LogP contribution in [0.4, 0.5) is 10.1 Å². The van der Waals surface area contributed by atoms with Gasteiger partial charge in [-0.05, 0) is 35.9 Å². The van der Waals surface area contributed by atoms with Gasteiger partial charge in [-0.2, -0.15) is 0 Å². The van der Waals surface area contributed by atoms with Crippen molar-refractivity contribution in [3.8, 4) is 0 Å². The summed E-state index contributed by atoms with van der Waals surface area (Å²) in [6.45, 7) is 0. The number of halogens is 1. The lowest BCUT2D eigenvalue weighted by molar-refractivity contribution is -0.115. The lowest BCUT2D eigenvalue weighted by atomic mass is 10.1. The van der Waals surface area contributed by atoms with E-state index >= 15 is 0 Å². The van der Waals surface area contributed by atoms with E-state index in [1.807, 2.05) is 0 Å². The molecule has 1 amide bonds. The molecule has 0 saturated heterocycles. The number of anilines is 1. The first-order valence-electron chi connectivity index (χ1n) is 6.19. The minimum absolute atomic E-state index is 0.0839. The van der Waals surface area contributed by atoms with Crippen LogP contribution in [0.1, 0.15) is 5.56 Å². The first kappa shape index (κ1) is 15.2. The minimum atomic E-state index is -3.24. The summed E-state index contributed by atoms with van der Waals surface area (Å²) in [5.74, 6) is -0.724. The summed E-state index contributed by atoms with van der Waals surface area (Å²) in [5.41, 5.74) is 1.06. The third kappa shape index (κ3) is 4.39. The van der Waals surface area contributed by atoms with Crippen LogP contribution in [0.15, 0.2) is 53.4 Å². The number of benzene rings is 2. The van der Waals surface area contributed by atoms with Crippen molar-refractivity contribution in [2.75, 3.05) is 11.6 Å². The third-order valence-electron chi connectivity index (χ3n) is 2.82. The molecular formula is C15H14FNO3S. The van der Waals surface area contributed by atoms with Gasteiger partial charge in [0.15, 0.2) is 9.84 Å². The molecule has 0 unspecified atom stereocenters. The Hall–Kier alpha value is -2.21. The van der Waals surface area contributed by atoms with Crippen molar-refractivity contribution in [2.24, 2.45) is 0 Å². The maximum absolute atomic E-state index is 13.0. The summed E-state index contributed by atoms with van der Waals surface area (Å²) in [5, 5.41) is 2.58. The van der Waals surface area contributed by atoms with Crippen LogP contribution in [-0.4, -0.2) is 20.6 Å². The zero-order valence-electron chi connectivity index (χ0n) is 11.3. The fraction of sp³-hybridized carbons (Fsp3) is 0.133. The zero-order chi connectivity index (χ0) is 15.5. The lowest BCUT2D eigenvalue weighted by Crippen LogP contribution is -2.14. The Balaban J connectivity index is 2.03. The Morgan fingerprint density at radius 1 is 1.14 bits per heavy atom. The molecule has 0 saturated carbocycles. The molecule has 0 radical (unpaired) electrons. The number of nitrogens with one attached hydrogen (secondary N) is 1. The van der Waals surface area contributed by atoms with E-state index in [-0.39, 0.29) is 17.2 Å². The van der Waals surface area contributed by atoms with E-state index in [0.717, 1.165) is 6.26 Å². The summed E-state index contributed by atoms with van der Waals surface area (Å²) >= 11 is 0. The zero-order valence-corrected chi connectivity index (χ0v) is 12.2. The summed E-state index contributed by atoms with van der Waals surface area (Å²) in [6.07, 6.45) is 1.21. The van der Waals surface area contributed by atoms with Crippen LogP contribution in [0, 0.1) is 5.82 Å². The molecule has 1 N–H and O–H groups in total. The number of amides is 1. The van der Waals surface area contributed by atoms with Crippen LogP contribution < -0.4 is 5.32 Å². The van der Waals surface area contributed by atoms with Gasteiger partial charge < -0.3 is 5.32 Å². The van der Waals surface area contributed by atoms with E-state index in [1.54, 1.807) is 18.2 Å². The van der Waals surface area contributed by atoms with E-state index in [0.29, 0.717) is 11.3 Å². The summed E-state index contributed by atoms with van der Waals surface area (Å²) in [7, 11) is -3.24. The maximum atomic E-state index is 13.0. The third-order valence-corrected chi connectivity index (χ3v) is 3.95. The molecule has 0 aliphatic heterocycles. The second-order valence-electron chi connectivity index (χ2n) is 4.65. The van der Waals surface area contributed by atoms with Crippen LogP contribution in [0.25, 0.3) is 0 Å². The van der Waals surface area contributed by atoms with Gasteiger partial charge in [0.2, 0.25) is 5.91 Å². The first-order chi connectivity index (χ1) is 9.84. The molecule has 0 spiro atoms. The highest BCUT2D eigenvalue weighted by Gasteiger charge is 2.08. The van der Waals surface area contributed by atoms with Crippen LogP contribution >= 0.6 is 0 Å². The van der Waals surface area contributed by atoms with E-state index in [2.05, 4.69) is 5.32 Å². The van der Waals surface area contributed by atoms with Crippen LogP contribution in [-0.2, 0) is 21.1 Å². The van der Waals surface area contributed by atoms with Crippen molar-refractivity contribution in [3.63, 3.8) is 0 Å². The Morgan fingerprint density at radius 2 is 1.81 bits per heavy atom. The van der Waals surface area contributed by atoms with Crippen LogP contribution in [0.2, 0.25) is 0 Å². The number of carbonyl (C=O) groups excluding carboxylic acids is 1. The van der Waals surface area contributed by atoms with Crippen LogP contribution in [0.5, 0.6) is 0 Å². The van der Waals surface area contributed by atoms with Crippen molar-refractivity contribution >= 4 is 21.4 Å². The molecule has 6 heteroatoms. The van der Waals surface area contributed by atoms with E-state index in [9.17, 15) is 17.6 Å². The van der Waals surface area contributed by atoms with Gasteiger partial charge in [0.05, 0.1) is 11.3 Å². The average molecular weight is 307 g/mol. The normalized spacial score (nSPS) is 11.1. The smallest absolute Gasteiger partial charge is 0.228 e. The van der Waals surface area contributed by atoms with E-state index in [4.69, 9.17) is 0 Å². The summed E-state index contributed by atoms with van der Waals surface area (Å²) < 4.78 is 35.6. The maximum Gasteiger partial charge on any atom is 0.228 e. The fourth-order valence-electron chi connectivity index (χ4n) is 1.81. The first-order valence-corrected chi connectivity index (χ1v) is 8.08.